The molecule has 122 valence electrons. The van der Waals surface area contributed by atoms with Crippen molar-refractivity contribution < 1.29 is 19.4 Å². The number of rotatable bonds is 7. The number of likely N-dealkylation sites (N-methyl/N-ethyl adjacent to an activating group) is 1. The lowest BCUT2D eigenvalue weighted by Gasteiger charge is -2.17. The molecule has 0 radical (unpaired) electrons. The number of amides is 1. The van der Waals surface area contributed by atoms with Gasteiger partial charge in [0.2, 0.25) is 5.91 Å². The molecular formula is C14H15ClN4O4. The Morgan fingerprint density at radius 3 is 2.65 bits per heavy atom. The lowest BCUT2D eigenvalue weighted by atomic mass is 10.3. The Balaban J connectivity index is 1.78. The van der Waals surface area contributed by atoms with Gasteiger partial charge < -0.3 is 14.7 Å². The predicted molar refractivity (Wildman–Crippen MR) is 81.6 cm³/mol. The molecule has 0 unspecified atom stereocenters. The largest absolute Gasteiger partial charge is 0.492 e. The number of hydrogen-bond donors (Lipinski definition) is 1. The Bertz CT molecular complexity index is 686. The standard InChI is InChI=1S/C14H15ClN4O4/c1-18(6-7-23-11-4-2-10(15)3-5-11)13(20)9-19-8-12(14(21)22)16-17-19/h2-5,8H,6-7,9H2,1H3,(H,21,22). The van der Waals surface area contributed by atoms with Crippen LogP contribution in [0.5, 0.6) is 5.75 Å². The second kappa shape index (κ2) is 7.59. The molecule has 9 heteroatoms. The second-order valence-corrected chi connectivity index (χ2v) is 5.16. The van der Waals surface area contributed by atoms with Gasteiger partial charge in [0, 0.05) is 12.1 Å². The van der Waals surface area contributed by atoms with Gasteiger partial charge in [-0.15, -0.1) is 5.10 Å². The van der Waals surface area contributed by atoms with Crippen LogP contribution in [0.25, 0.3) is 0 Å². The summed E-state index contributed by atoms with van der Waals surface area (Å²) in [4.78, 5) is 24.2. The summed E-state index contributed by atoms with van der Waals surface area (Å²) in [7, 11) is 1.63. The first-order valence-corrected chi connectivity index (χ1v) is 7.09. The topological polar surface area (TPSA) is 97.5 Å². The minimum atomic E-state index is -1.19. The summed E-state index contributed by atoms with van der Waals surface area (Å²) in [5.41, 5.74) is -0.202. The molecule has 1 N–H and O–H groups in total. The van der Waals surface area contributed by atoms with E-state index in [-0.39, 0.29) is 18.1 Å². The summed E-state index contributed by atoms with van der Waals surface area (Å²) < 4.78 is 6.69. The molecule has 0 fully saturated rings. The summed E-state index contributed by atoms with van der Waals surface area (Å²) >= 11 is 5.78. The molecule has 2 aromatic rings. The van der Waals surface area contributed by atoms with Gasteiger partial charge in [0.15, 0.2) is 5.69 Å². The van der Waals surface area contributed by atoms with Crippen LogP contribution in [0.2, 0.25) is 5.02 Å². The summed E-state index contributed by atoms with van der Waals surface area (Å²) in [6, 6.07) is 6.92. The lowest BCUT2D eigenvalue weighted by molar-refractivity contribution is -0.131. The first-order chi connectivity index (χ1) is 11.0. The fourth-order valence-corrected chi connectivity index (χ4v) is 1.81. The predicted octanol–water partition coefficient (Wildman–Crippen LogP) is 1.17. The van der Waals surface area contributed by atoms with E-state index in [4.69, 9.17) is 21.4 Å². The molecule has 0 spiro atoms. The maximum atomic E-state index is 12.0. The Kier molecular flexibility index (Phi) is 5.53. The third-order valence-electron chi connectivity index (χ3n) is 2.99. The zero-order valence-corrected chi connectivity index (χ0v) is 13.1. The van der Waals surface area contributed by atoms with E-state index in [1.165, 1.54) is 15.8 Å². The second-order valence-electron chi connectivity index (χ2n) is 4.72. The summed E-state index contributed by atoms with van der Waals surface area (Å²) in [6.45, 7) is 0.612. The van der Waals surface area contributed by atoms with Crippen LogP contribution >= 0.6 is 11.6 Å². The van der Waals surface area contributed by atoms with E-state index in [0.29, 0.717) is 23.9 Å². The Hall–Kier alpha value is -2.61. The minimum Gasteiger partial charge on any atom is -0.492 e. The summed E-state index contributed by atoms with van der Waals surface area (Å²) in [5, 5.41) is 16.4. The molecule has 0 atom stereocenters. The van der Waals surface area contributed by atoms with Crippen molar-refractivity contribution in [3.63, 3.8) is 0 Å². The molecule has 1 heterocycles. The number of aromatic nitrogens is 3. The van der Waals surface area contributed by atoms with Crippen LogP contribution in [0.3, 0.4) is 0 Å². The van der Waals surface area contributed by atoms with E-state index in [1.807, 2.05) is 0 Å². The molecule has 23 heavy (non-hydrogen) atoms. The van der Waals surface area contributed by atoms with Crippen LogP contribution in [0.4, 0.5) is 0 Å². The molecule has 0 aliphatic rings. The Labute approximate surface area is 137 Å². The zero-order chi connectivity index (χ0) is 16.8. The Morgan fingerprint density at radius 1 is 1.35 bits per heavy atom. The van der Waals surface area contributed by atoms with Crippen LogP contribution < -0.4 is 4.74 Å². The summed E-state index contributed by atoms with van der Waals surface area (Å²) in [6.07, 6.45) is 1.21. The third kappa shape index (κ3) is 4.96. The number of benzene rings is 1. The highest BCUT2D eigenvalue weighted by Gasteiger charge is 2.13. The van der Waals surface area contributed by atoms with E-state index in [0.717, 1.165) is 0 Å². The highest BCUT2D eigenvalue weighted by Crippen LogP contribution is 2.15. The molecule has 0 bridgehead atoms. The quantitative estimate of drug-likeness (QED) is 0.813. The van der Waals surface area contributed by atoms with E-state index < -0.39 is 5.97 Å². The number of carboxylic acid groups (broad SMARTS) is 1. The van der Waals surface area contributed by atoms with Gasteiger partial charge in [-0.1, -0.05) is 16.8 Å². The molecule has 1 amide bonds. The van der Waals surface area contributed by atoms with E-state index in [2.05, 4.69) is 10.3 Å². The van der Waals surface area contributed by atoms with Crippen molar-refractivity contribution in [2.45, 2.75) is 6.54 Å². The van der Waals surface area contributed by atoms with Crippen molar-refractivity contribution in [3.8, 4) is 5.75 Å². The number of halogens is 1. The molecule has 1 aromatic carbocycles. The van der Waals surface area contributed by atoms with E-state index >= 15 is 0 Å². The fourth-order valence-electron chi connectivity index (χ4n) is 1.69. The average molecular weight is 339 g/mol. The number of carboxylic acids is 1. The van der Waals surface area contributed by atoms with Gasteiger partial charge in [0.1, 0.15) is 18.9 Å². The molecule has 8 nitrogen and oxygen atoms in total. The number of carbonyl (C=O) groups is 2. The SMILES string of the molecule is CN(CCOc1ccc(Cl)cc1)C(=O)Cn1cc(C(=O)O)nn1. The van der Waals surface area contributed by atoms with Crippen LogP contribution in [0, 0.1) is 0 Å². The van der Waals surface area contributed by atoms with Crippen molar-refractivity contribution in [1.29, 1.82) is 0 Å². The molecule has 0 saturated heterocycles. The lowest BCUT2D eigenvalue weighted by Crippen LogP contribution is -2.33. The van der Waals surface area contributed by atoms with Gasteiger partial charge in [-0.3, -0.25) is 4.79 Å². The third-order valence-corrected chi connectivity index (χ3v) is 3.24. The highest BCUT2D eigenvalue weighted by molar-refractivity contribution is 6.30. The average Bonchev–Trinajstić information content (AvgIpc) is 2.98. The maximum Gasteiger partial charge on any atom is 0.358 e. The molecule has 0 aliphatic heterocycles. The first kappa shape index (κ1) is 16.8. The van der Waals surface area contributed by atoms with Gasteiger partial charge in [0.25, 0.3) is 0 Å². The Morgan fingerprint density at radius 2 is 2.04 bits per heavy atom. The van der Waals surface area contributed by atoms with Crippen molar-refractivity contribution in [2.24, 2.45) is 0 Å². The normalized spacial score (nSPS) is 10.3. The van der Waals surface area contributed by atoms with E-state index in [1.54, 1.807) is 31.3 Å². The fraction of sp³-hybridized carbons (Fsp3) is 0.286. The smallest absolute Gasteiger partial charge is 0.358 e. The monoisotopic (exact) mass is 338 g/mol. The van der Waals surface area contributed by atoms with Crippen LogP contribution in [-0.2, 0) is 11.3 Å². The van der Waals surface area contributed by atoms with Crippen LogP contribution in [0.1, 0.15) is 10.5 Å². The van der Waals surface area contributed by atoms with Gasteiger partial charge in [-0.05, 0) is 24.3 Å². The zero-order valence-electron chi connectivity index (χ0n) is 12.3. The molecule has 0 saturated carbocycles. The molecule has 2 rings (SSSR count). The van der Waals surface area contributed by atoms with Crippen LogP contribution in [0.15, 0.2) is 30.5 Å². The number of aromatic carboxylic acids is 1. The van der Waals surface area contributed by atoms with Crippen molar-refractivity contribution in [2.75, 3.05) is 20.2 Å². The number of nitrogens with zero attached hydrogens (tertiary/aromatic N) is 4. The van der Waals surface area contributed by atoms with Crippen molar-refractivity contribution in [1.82, 2.24) is 19.9 Å². The maximum absolute atomic E-state index is 12.0. The van der Waals surface area contributed by atoms with Crippen molar-refractivity contribution >= 4 is 23.5 Å². The molecular weight excluding hydrogens is 324 g/mol. The minimum absolute atomic E-state index is 0.0856. The summed E-state index contributed by atoms with van der Waals surface area (Å²) in [5.74, 6) is -0.752. The number of carbonyl (C=O) groups excluding carboxylic acids is 1. The van der Waals surface area contributed by atoms with Crippen LogP contribution in [-0.4, -0.2) is 57.1 Å². The first-order valence-electron chi connectivity index (χ1n) is 6.71. The van der Waals surface area contributed by atoms with Crippen molar-refractivity contribution in [3.05, 3.63) is 41.2 Å². The van der Waals surface area contributed by atoms with Gasteiger partial charge in [-0.2, -0.15) is 0 Å². The van der Waals surface area contributed by atoms with Gasteiger partial charge in [-0.25, -0.2) is 9.48 Å². The molecule has 1 aromatic heterocycles. The van der Waals surface area contributed by atoms with Gasteiger partial charge in [0.05, 0.1) is 12.7 Å². The molecule has 0 aliphatic carbocycles. The van der Waals surface area contributed by atoms with Gasteiger partial charge >= 0.3 is 5.97 Å². The number of ether oxygens (including phenoxy) is 1. The van der Waals surface area contributed by atoms with E-state index in [9.17, 15) is 9.59 Å². The highest BCUT2D eigenvalue weighted by atomic mass is 35.5. The number of hydrogen-bond acceptors (Lipinski definition) is 5.